The molecule has 30 heavy (non-hydrogen) atoms. The lowest BCUT2D eigenvalue weighted by Gasteiger charge is -2.27. The Balaban J connectivity index is 1.87. The van der Waals surface area contributed by atoms with Crippen LogP contribution in [0.3, 0.4) is 0 Å². The van der Waals surface area contributed by atoms with E-state index in [4.69, 9.17) is 4.74 Å². The Morgan fingerprint density at radius 3 is 2.47 bits per heavy atom. The highest BCUT2D eigenvalue weighted by molar-refractivity contribution is 5.95. The molecule has 0 bridgehead atoms. The fourth-order valence-electron chi connectivity index (χ4n) is 3.17. The molecule has 0 spiro atoms. The van der Waals surface area contributed by atoms with Crippen molar-refractivity contribution in [1.82, 2.24) is 25.2 Å². The van der Waals surface area contributed by atoms with Gasteiger partial charge in [0.05, 0.1) is 7.05 Å². The number of nitrogens with zero attached hydrogens (tertiary/aromatic N) is 5. The number of aryl methyl sites for hydroxylation is 1. The number of ether oxygens (including phenoxy) is 1. The van der Waals surface area contributed by atoms with E-state index in [9.17, 15) is 18.0 Å². The van der Waals surface area contributed by atoms with E-state index in [1.165, 1.54) is 17.1 Å². The monoisotopic (exact) mass is 425 g/mol. The summed E-state index contributed by atoms with van der Waals surface area (Å²) in [6.07, 6.45) is -3.21. The molecule has 10 heteroatoms. The van der Waals surface area contributed by atoms with E-state index in [1.54, 1.807) is 7.05 Å². The Hall–Kier alpha value is -2.52. The van der Waals surface area contributed by atoms with Gasteiger partial charge in [-0.25, -0.2) is 0 Å². The van der Waals surface area contributed by atoms with Crippen LogP contribution in [-0.4, -0.2) is 43.3 Å². The molecule has 1 saturated carbocycles. The zero-order valence-electron chi connectivity index (χ0n) is 17.7. The second-order valence-electron chi connectivity index (χ2n) is 8.87. The molecule has 0 aromatic carbocycles. The molecular formula is C20H26F3N5O2. The molecule has 1 unspecified atom stereocenters. The fraction of sp³-hybridized carbons (Fsp3) is 0.650. The van der Waals surface area contributed by atoms with Crippen LogP contribution in [-0.2, 0) is 7.05 Å². The first kappa shape index (κ1) is 22.2. The van der Waals surface area contributed by atoms with Crippen LogP contribution in [0.25, 0.3) is 0 Å². The topological polar surface area (TPSA) is 82.8 Å². The van der Waals surface area contributed by atoms with E-state index in [0.29, 0.717) is 11.4 Å². The highest BCUT2D eigenvalue weighted by Crippen LogP contribution is 2.45. The largest absolute Gasteiger partial charge is 0.481 e. The summed E-state index contributed by atoms with van der Waals surface area (Å²) < 4.78 is 44.2. The van der Waals surface area contributed by atoms with Gasteiger partial charge in [0.1, 0.15) is 11.4 Å². The van der Waals surface area contributed by atoms with Gasteiger partial charge < -0.3 is 4.74 Å². The first-order valence-electron chi connectivity index (χ1n) is 9.86. The number of hydrogen-bond donors (Lipinski definition) is 0. The standard InChI is InChI=1S/C20H26F3N5O2/c1-11(20(21,22)23)30-17-9-15(24-10-13(17)12-6-7-12)16(29)8-14(19(2,3)4)18-25-27-28(5)26-18/h9-12,14H,6-8H2,1-5H3/t11-,14?/m0/s1. The van der Waals surface area contributed by atoms with E-state index in [2.05, 4.69) is 20.4 Å². The maximum Gasteiger partial charge on any atom is 0.425 e. The van der Waals surface area contributed by atoms with E-state index >= 15 is 0 Å². The van der Waals surface area contributed by atoms with Gasteiger partial charge in [-0.3, -0.25) is 9.78 Å². The lowest BCUT2D eigenvalue weighted by atomic mass is 9.77. The number of hydrogen-bond acceptors (Lipinski definition) is 6. The van der Waals surface area contributed by atoms with Gasteiger partial charge in [0, 0.05) is 30.2 Å². The number of tetrazole rings is 1. The van der Waals surface area contributed by atoms with Crippen LogP contribution in [0.2, 0.25) is 0 Å². The molecule has 2 atom stereocenters. The number of carbonyl (C=O) groups is 1. The summed E-state index contributed by atoms with van der Waals surface area (Å²) in [7, 11) is 1.64. The Morgan fingerprint density at radius 1 is 1.30 bits per heavy atom. The fourth-order valence-corrected chi connectivity index (χ4v) is 3.17. The molecule has 1 fully saturated rings. The molecule has 0 amide bonds. The minimum atomic E-state index is -4.50. The van der Waals surface area contributed by atoms with Gasteiger partial charge in [0.2, 0.25) is 0 Å². The number of alkyl halides is 3. The Labute approximate surface area is 173 Å². The molecule has 0 radical (unpaired) electrons. The molecule has 1 aliphatic rings. The Morgan fingerprint density at radius 2 is 1.97 bits per heavy atom. The number of aromatic nitrogens is 5. The molecule has 2 aromatic heterocycles. The van der Waals surface area contributed by atoms with Gasteiger partial charge in [-0.05, 0) is 36.3 Å². The van der Waals surface area contributed by atoms with Crippen molar-refractivity contribution in [3.8, 4) is 5.75 Å². The highest BCUT2D eigenvalue weighted by Gasteiger charge is 2.39. The number of halogens is 3. The maximum atomic E-state index is 13.0. The zero-order chi connectivity index (χ0) is 22.3. The summed E-state index contributed by atoms with van der Waals surface area (Å²) in [5.74, 6) is 0.000226. The van der Waals surface area contributed by atoms with Crippen molar-refractivity contribution in [3.05, 3.63) is 29.3 Å². The second-order valence-corrected chi connectivity index (χ2v) is 8.87. The first-order chi connectivity index (χ1) is 13.9. The average molecular weight is 425 g/mol. The summed E-state index contributed by atoms with van der Waals surface area (Å²) in [4.78, 5) is 18.5. The van der Waals surface area contributed by atoms with Crippen molar-refractivity contribution in [2.24, 2.45) is 12.5 Å². The van der Waals surface area contributed by atoms with Crippen molar-refractivity contribution in [3.63, 3.8) is 0 Å². The number of Topliss-reactive ketones (excluding diaryl/α,β-unsaturated/α-hetero) is 1. The molecule has 1 aliphatic carbocycles. The van der Waals surface area contributed by atoms with Gasteiger partial charge in [0.15, 0.2) is 17.7 Å². The smallest absolute Gasteiger partial charge is 0.425 e. The predicted octanol–water partition coefficient (Wildman–Crippen LogP) is 4.21. The molecular weight excluding hydrogens is 399 g/mol. The van der Waals surface area contributed by atoms with Crippen molar-refractivity contribution in [2.75, 3.05) is 0 Å². The number of carbonyl (C=O) groups excluding carboxylic acids is 1. The van der Waals surface area contributed by atoms with Crippen LogP contribution in [0.5, 0.6) is 5.75 Å². The van der Waals surface area contributed by atoms with Crippen molar-refractivity contribution in [1.29, 1.82) is 0 Å². The first-order valence-corrected chi connectivity index (χ1v) is 9.86. The van der Waals surface area contributed by atoms with Crippen LogP contribution in [0, 0.1) is 5.41 Å². The van der Waals surface area contributed by atoms with Gasteiger partial charge >= 0.3 is 6.18 Å². The lowest BCUT2D eigenvalue weighted by molar-refractivity contribution is -0.189. The molecule has 2 heterocycles. The molecule has 7 nitrogen and oxygen atoms in total. The summed E-state index contributed by atoms with van der Waals surface area (Å²) in [5, 5.41) is 12.1. The average Bonchev–Trinajstić information content (AvgIpc) is 3.38. The third kappa shape index (κ3) is 5.14. The molecule has 0 aliphatic heterocycles. The molecule has 0 N–H and O–H groups in total. The quantitative estimate of drug-likeness (QED) is 0.618. The van der Waals surface area contributed by atoms with E-state index in [1.807, 2.05) is 20.8 Å². The van der Waals surface area contributed by atoms with Crippen molar-refractivity contribution >= 4 is 5.78 Å². The normalized spacial score (nSPS) is 16.9. The van der Waals surface area contributed by atoms with Crippen molar-refractivity contribution in [2.45, 2.75) is 71.1 Å². The SMILES string of the molecule is C[C@H](Oc1cc(C(=O)CC(c2nnn(C)n2)C(C)(C)C)ncc1C1CC1)C(F)(F)F. The number of rotatable bonds is 7. The number of ketones is 1. The summed E-state index contributed by atoms with van der Waals surface area (Å²) in [6, 6.07) is 1.34. The lowest BCUT2D eigenvalue weighted by Crippen LogP contribution is -2.31. The predicted molar refractivity (Wildman–Crippen MR) is 102 cm³/mol. The second kappa shape index (κ2) is 7.96. The minimum Gasteiger partial charge on any atom is -0.481 e. The zero-order valence-corrected chi connectivity index (χ0v) is 17.7. The third-order valence-corrected chi connectivity index (χ3v) is 5.23. The molecule has 164 valence electrons. The van der Waals surface area contributed by atoms with Crippen LogP contribution < -0.4 is 4.74 Å². The molecule has 0 saturated heterocycles. The van der Waals surface area contributed by atoms with E-state index in [0.717, 1.165) is 19.8 Å². The summed E-state index contributed by atoms with van der Waals surface area (Å²) in [5.41, 5.74) is 0.351. The van der Waals surface area contributed by atoms with Crippen LogP contribution in [0.1, 0.15) is 80.7 Å². The summed E-state index contributed by atoms with van der Waals surface area (Å²) >= 11 is 0. The number of pyridine rings is 1. The van der Waals surface area contributed by atoms with Gasteiger partial charge in [-0.2, -0.15) is 18.0 Å². The molecule has 3 rings (SSSR count). The maximum absolute atomic E-state index is 13.0. The van der Waals surface area contributed by atoms with Crippen LogP contribution in [0.4, 0.5) is 13.2 Å². The van der Waals surface area contributed by atoms with Crippen molar-refractivity contribution < 1.29 is 22.7 Å². The Kier molecular flexibility index (Phi) is 5.88. The molecule has 2 aromatic rings. The van der Waals surface area contributed by atoms with Crippen LogP contribution >= 0.6 is 0 Å². The van der Waals surface area contributed by atoms with Gasteiger partial charge in [-0.15, -0.1) is 10.2 Å². The van der Waals surface area contributed by atoms with Gasteiger partial charge in [-0.1, -0.05) is 20.8 Å². The van der Waals surface area contributed by atoms with E-state index in [-0.39, 0.29) is 40.9 Å². The Bertz CT molecular complexity index is 916. The highest BCUT2D eigenvalue weighted by atomic mass is 19.4. The third-order valence-electron chi connectivity index (χ3n) is 5.23. The van der Waals surface area contributed by atoms with E-state index < -0.39 is 12.3 Å². The van der Waals surface area contributed by atoms with Gasteiger partial charge in [0.25, 0.3) is 0 Å². The minimum absolute atomic E-state index is 0.0548. The van der Waals surface area contributed by atoms with Crippen LogP contribution in [0.15, 0.2) is 12.3 Å². The summed E-state index contributed by atoms with van der Waals surface area (Å²) in [6.45, 7) is 6.84.